The van der Waals surface area contributed by atoms with Crippen LogP contribution in [0.4, 0.5) is 0 Å². The minimum absolute atomic E-state index is 0.210. The van der Waals surface area contributed by atoms with Crippen LogP contribution in [0.5, 0.6) is 0 Å². The maximum Gasteiger partial charge on any atom is 0.319 e. The molecule has 0 N–H and O–H groups in total. The number of carbonyl (C=O) groups is 1. The summed E-state index contributed by atoms with van der Waals surface area (Å²) in [4.78, 5) is 12.9. The molecule has 0 saturated heterocycles. The summed E-state index contributed by atoms with van der Waals surface area (Å²) in [6.07, 6.45) is 0.894. The summed E-state index contributed by atoms with van der Waals surface area (Å²) < 4.78 is 4.59. The molecule has 0 saturated carbocycles. The number of esters is 1. The first-order valence-electron chi connectivity index (χ1n) is 5.11. The van der Waals surface area contributed by atoms with Gasteiger partial charge in [-0.3, -0.25) is 9.69 Å². The average Bonchev–Trinajstić information content (AvgIpc) is 2.28. The number of rotatable bonds is 5. The molecule has 0 amide bonds. The van der Waals surface area contributed by atoms with E-state index in [-0.39, 0.29) is 5.97 Å². The third-order valence-electron chi connectivity index (χ3n) is 2.32. The fourth-order valence-corrected chi connectivity index (χ4v) is 1.46. The van der Waals surface area contributed by atoms with Gasteiger partial charge in [-0.25, -0.2) is 0 Å². The van der Waals surface area contributed by atoms with Gasteiger partial charge in [0.05, 0.1) is 13.7 Å². The number of halogens is 1. The van der Waals surface area contributed by atoms with Crippen LogP contribution in [0.3, 0.4) is 0 Å². The van der Waals surface area contributed by atoms with Crippen LogP contribution in [0, 0.1) is 0 Å². The van der Waals surface area contributed by atoms with Crippen molar-refractivity contribution in [2.45, 2.75) is 6.42 Å². The molecule has 0 spiro atoms. The molecule has 3 nitrogen and oxygen atoms in total. The van der Waals surface area contributed by atoms with Gasteiger partial charge in [0.2, 0.25) is 0 Å². The summed E-state index contributed by atoms with van der Waals surface area (Å²) in [5.74, 6) is -0.210. The molecule has 0 aliphatic rings. The summed E-state index contributed by atoms with van der Waals surface area (Å²) in [7, 11) is 3.29. The first-order valence-corrected chi connectivity index (χ1v) is 5.49. The normalized spacial score (nSPS) is 10.5. The Bertz CT molecular complexity index is 337. The van der Waals surface area contributed by atoms with E-state index < -0.39 is 0 Å². The smallest absolute Gasteiger partial charge is 0.319 e. The molecule has 0 fully saturated rings. The molecule has 0 radical (unpaired) electrons. The fraction of sp³-hybridized carbons (Fsp3) is 0.417. The molecule has 88 valence electrons. The maximum absolute atomic E-state index is 11.0. The third kappa shape index (κ3) is 4.64. The van der Waals surface area contributed by atoms with Gasteiger partial charge in [-0.1, -0.05) is 23.7 Å². The van der Waals surface area contributed by atoms with E-state index in [9.17, 15) is 4.79 Å². The molecule has 0 unspecified atom stereocenters. The zero-order valence-corrected chi connectivity index (χ0v) is 10.3. The first kappa shape index (κ1) is 13.0. The van der Waals surface area contributed by atoms with E-state index in [1.165, 1.54) is 12.7 Å². The van der Waals surface area contributed by atoms with Crippen molar-refractivity contribution in [2.24, 2.45) is 0 Å². The Labute approximate surface area is 101 Å². The predicted octanol–water partition coefficient (Wildman–Crippen LogP) is 1.99. The predicted molar refractivity (Wildman–Crippen MR) is 64.7 cm³/mol. The number of methoxy groups -OCH3 is 1. The molecule has 0 bridgehead atoms. The lowest BCUT2D eigenvalue weighted by Crippen LogP contribution is -2.28. The van der Waals surface area contributed by atoms with E-state index in [2.05, 4.69) is 4.74 Å². The highest BCUT2D eigenvalue weighted by atomic mass is 35.5. The monoisotopic (exact) mass is 241 g/mol. The van der Waals surface area contributed by atoms with Gasteiger partial charge >= 0.3 is 5.97 Å². The highest BCUT2D eigenvalue weighted by Gasteiger charge is 2.05. The van der Waals surface area contributed by atoms with Crippen molar-refractivity contribution in [3.8, 4) is 0 Å². The molecule has 0 heterocycles. The molecule has 0 aromatic heterocycles. The Morgan fingerprint density at radius 3 is 2.56 bits per heavy atom. The summed E-state index contributed by atoms with van der Waals surface area (Å²) in [5.41, 5.74) is 1.21. The summed E-state index contributed by atoms with van der Waals surface area (Å²) >= 11 is 5.79. The second kappa shape index (κ2) is 6.51. The largest absolute Gasteiger partial charge is 0.468 e. The van der Waals surface area contributed by atoms with Gasteiger partial charge in [-0.05, 0) is 31.2 Å². The molecular weight excluding hydrogens is 226 g/mol. The van der Waals surface area contributed by atoms with Crippen LogP contribution in [0.2, 0.25) is 5.02 Å². The second-order valence-corrected chi connectivity index (χ2v) is 4.13. The number of likely N-dealkylation sites (N-methyl/N-ethyl adjacent to an activating group) is 1. The molecule has 1 rings (SSSR count). The quantitative estimate of drug-likeness (QED) is 0.739. The highest BCUT2D eigenvalue weighted by Crippen LogP contribution is 2.10. The second-order valence-electron chi connectivity index (χ2n) is 3.69. The van der Waals surface area contributed by atoms with Gasteiger partial charge < -0.3 is 4.74 Å². The lowest BCUT2D eigenvalue weighted by molar-refractivity contribution is -0.141. The number of hydrogen-bond donors (Lipinski definition) is 0. The van der Waals surface area contributed by atoms with Crippen molar-refractivity contribution in [3.63, 3.8) is 0 Å². The molecule has 1 aromatic rings. The van der Waals surface area contributed by atoms with Crippen molar-refractivity contribution in [3.05, 3.63) is 34.9 Å². The van der Waals surface area contributed by atoms with Crippen LogP contribution in [-0.4, -0.2) is 38.1 Å². The molecule has 0 aliphatic carbocycles. The van der Waals surface area contributed by atoms with Gasteiger partial charge in [0.15, 0.2) is 0 Å². The molecule has 0 aliphatic heterocycles. The third-order valence-corrected chi connectivity index (χ3v) is 2.57. The van der Waals surface area contributed by atoms with E-state index >= 15 is 0 Å². The maximum atomic E-state index is 11.0. The minimum Gasteiger partial charge on any atom is -0.468 e. The Morgan fingerprint density at radius 1 is 1.38 bits per heavy atom. The average molecular weight is 242 g/mol. The van der Waals surface area contributed by atoms with E-state index in [0.29, 0.717) is 6.54 Å². The zero-order chi connectivity index (χ0) is 12.0. The van der Waals surface area contributed by atoms with Crippen molar-refractivity contribution in [1.82, 2.24) is 4.90 Å². The zero-order valence-electron chi connectivity index (χ0n) is 9.57. The number of nitrogens with zero attached hydrogens (tertiary/aromatic N) is 1. The van der Waals surface area contributed by atoms with E-state index in [4.69, 9.17) is 11.6 Å². The number of ether oxygens (including phenoxy) is 1. The van der Waals surface area contributed by atoms with Gasteiger partial charge in [0, 0.05) is 11.6 Å². The van der Waals surface area contributed by atoms with E-state index in [0.717, 1.165) is 18.0 Å². The SMILES string of the molecule is COC(=O)CN(C)CCc1ccc(Cl)cc1. The van der Waals surface area contributed by atoms with Crippen LogP contribution in [0.15, 0.2) is 24.3 Å². The summed E-state index contributed by atoms with van der Waals surface area (Å²) in [6, 6.07) is 7.73. The van der Waals surface area contributed by atoms with Crippen LogP contribution in [-0.2, 0) is 16.0 Å². The lowest BCUT2D eigenvalue weighted by atomic mass is 10.1. The number of benzene rings is 1. The minimum atomic E-state index is -0.210. The molecule has 4 heteroatoms. The Hall–Kier alpha value is -1.06. The molecule has 16 heavy (non-hydrogen) atoms. The van der Waals surface area contributed by atoms with Gasteiger partial charge in [0.1, 0.15) is 0 Å². The topological polar surface area (TPSA) is 29.5 Å². The molecule has 0 atom stereocenters. The summed E-state index contributed by atoms with van der Waals surface area (Å²) in [6.45, 7) is 1.14. The standard InChI is InChI=1S/C12H16ClNO2/c1-14(9-12(15)16-2)8-7-10-3-5-11(13)6-4-10/h3-6H,7-9H2,1-2H3. The van der Waals surface area contributed by atoms with Gasteiger partial charge in [-0.15, -0.1) is 0 Å². The van der Waals surface area contributed by atoms with Crippen LogP contribution < -0.4 is 0 Å². The van der Waals surface area contributed by atoms with E-state index in [1.54, 1.807) is 0 Å². The van der Waals surface area contributed by atoms with Crippen molar-refractivity contribution >= 4 is 17.6 Å². The highest BCUT2D eigenvalue weighted by molar-refractivity contribution is 6.30. The lowest BCUT2D eigenvalue weighted by Gasteiger charge is -2.14. The van der Waals surface area contributed by atoms with Crippen molar-refractivity contribution < 1.29 is 9.53 Å². The summed E-state index contributed by atoms with van der Waals surface area (Å²) in [5, 5.41) is 0.742. The van der Waals surface area contributed by atoms with Gasteiger partial charge in [-0.2, -0.15) is 0 Å². The van der Waals surface area contributed by atoms with Crippen LogP contribution >= 0.6 is 11.6 Å². The number of carbonyl (C=O) groups excluding carboxylic acids is 1. The fourth-order valence-electron chi connectivity index (χ4n) is 1.34. The van der Waals surface area contributed by atoms with Crippen molar-refractivity contribution in [1.29, 1.82) is 0 Å². The van der Waals surface area contributed by atoms with Crippen LogP contribution in [0.25, 0.3) is 0 Å². The Kier molecular flexibility index (Phi) is 5.29. The van der Waals surface area contributed by atoms with E-state index in [1.807, 2.05) is 36.2 Å². The van der Waals surface area contributed by atoms with Gasteiger partial charge in [0.25, 0.3) is 0 Å². The number of hydrogen-bond acceptors (Lipinski definition) is 3. The van der Waals surface area contributed by atoms with Crippen molar-refractivity contribution in [2.75, 3.05) is 27.2 Å². The molecule has 1 aromatic carbocycles. The Morgan fingerprint density at radius 2 is 2.00 bits per heavy atom. The molecular formula is C12H16ClNO2. The van der Waals surface area contributed by atoms with Crippen LogP contribution in [0.1, 0.15) is 5.56 Å². The Balaban J connectivity index is 2.34. The first-order chi connectivity index (χ1) is 7.61.